The number of fused-ring (bicyclic) bond motifs is 1. The molecule has 0 saturated heterocycles. The summed E-state index contributed by atoms with van der Waals surface area (Å²) < 4.78 is 25.8. The van der Waals surface area contributed by atoms with Gasteiger partial charge < -0.3 is 0 Å². The second kappa shape index (κ2) is 2.43. The number of aromatic nitrogens is 1. The molecule has 1 aromatic heterocycles. The lowest BCUT2D eigenvalue weighted by atomic mass is 10.2. The molecule has 2 N–H and O–H groups in total. The summed E-state index contributed by atoms with van der Waals surface area (Å²) in [5.74, 6) is -0.604. The Labute approximate surface area is 74.2 Å². The van der Waals surface area contributed by atoms with Crippen LogP contribution in [0.2, 0.25) is 0 Å². The molecule has 0 aliphatic carbocycles. The smallest absolute Gasteiger partial charge is 0.268 e. The van der Waals surface area contributed by atoms with E-state index in [9.17, 15) is 13.2 Å². The molecule has 0 radical (unpaired) electrons. The number of amides is 1. The van der Waals surface area contributed by atoms with Crippen molar-refractivity contribution in [1.29, 1.82) is 0 Å². The molecular formula is C6H5N3O3S. The molecule has 7 heteroatoms. The first kappa shape index (κ1) is 7.99. The molecule has 6 nitrogen and oxygen atoms in total. The molecule has 0 saturated carbocycles. The highest BCUT2D eigenvalue weighted by Gasteiger charge is 2.26. The van der Waals surface area contributed by atoms with E-state index >= 15 is 0 Å². The molecule has 1 aromatic rings. The van der Waals surface area contributed by atoms with Gasteiger partial charge in [0.25, 0.3) is 5.91 Å². The van der Waals surface area contributed by atoms with Crippen LogP contribution in [0.5, 0.6) is 0 Å². The van der Waals surface area contributed by atoms with Crippen LogP contribution in [0.4, 0.5) is 5.82 Å². The normalized spacial score (nSPS) is 18.3. The molecule has 0 unspecified atom stereocenters. The maximum atomic E-state index is 11.1. The Hall–Kier alpha value is -1.63. The SMILES string of the molecule is O=C1NS(=O)(=O)Nc2ncccc21. The van der Waals surface area contributed by atoms with E-state index in [1.165, 1.54) is 12.3 Å². The van der Waals surface area contributed by atoms with Gasteiger partial charge in [0.2, 0.25) is 0 Å². The van der Waals surface area contributed by atoms with Gasteiger partial charge in [-0.3, -0.25) is 4.79 Å². The molecular weight excluding hydrogens is 194 g/mol. The lowest BCUT2D eigenvalue weighted by molar-refractivity contribution is 0.0980. The summed E-state index contributed by atoms with van der Waals surface area (Å²) >= 11 is 0. The van der Waals surface area contributed by atoms with E-state index in [0.29, 0.717) is 0 Å². The zero-order valence-corrected chi connectivity index (χ0v) is 7.13. The monoisotopic (exact) mass is 199 g/mol. The second-order valence-corrected chi connectivity index (χ2v) is 3.85. The highest BCUT2D eigenvalue weighted by Crippen LogP contribution is 2.16. The molecule has 0 spiro atoms. The average molecular weight is 199 g/mol. The first-order valence-corrected chi connectivity index (χ1v) is 4.87. The first-order chi connectivity index (χ1) is 6.08. The number of carbonyl (C=O) groups excluding carboxylic acids is 1. The molecule has 2 rings (SSSR count). The summed E-state index contributed by atoms with van der Waals surface area (Å²) in [6, 6.07) is 3.04. The van der Waals surface area contributed by atoms with Crippen LogP contribution in [0.3, 0.4) is 0 Å². The summed E-state index contributed by atoms with van der Waals surface area (Å²) in [5.41, 5.74) is 0.220. The van der Waals surface area contributed by atoms with E-state index in [0.717, 1.165) is 0 Å². The number of pyridine rings is 1. The quantitative estimate of drug-likeness (QED) is 0.588. The standard InChI is InChI=1S/C6H5N3O3S/c10-6-4-2-1-3-7-5(4)8-13(11,12)9-6/h1-3H,(H,7,8)(H,9,10). The summed E-state index contributed by atoms with van der Waals surface area (Å²) in [6.07, 6.45) is 1.40. The van der Waals surface area contributed by atoms with Crippen LogP contribution in [-0.2, 0) is 10.2 Å². The minimum atomic E-state index is -3.76. The zero-order valence-electron chi connectivity index (χ0n) is 6.31. The second-order valence-electron chi connectivity index (χ2n) is 2.44. The molecule has 13 heavy (non-hydrogen) atoms. The van der Waals surface area contributed by atoms with Crippen LogP contribution in [0, 0.1) is 0 Å². The predicted octanol–water partition coefficient (Wildman–Crippen LogP) is -0.518. The van der Waals surface area contributed by atoms with E-state index in [4.69, 9.17) is 0 Å². The third kappa shape index (κ3) is 1.33. The van der Waals surface area contributed by atoms with Gasteiger partial charge in [-0.1, -0.05) is 0 Å². The molecule has 0 aromatic carbocycles. The van der Waals surface area contributed by atoms with E-state index in [1.54, 1.807) is 10.8 Å². The van der Waals surface area contributed by atoms with E-state index < -0.39 is 16.1 Å². The van der Waals surface area contributed by atoms with Crippen LogP contribution in [0.1, 0.15) is 10.4 Å². The summed E-state index contributed by atoms with van der Waals surface area (Å²) in [6.45, 7) is 0. The number of anilines is 1. The molecule has 0 atom stereocenters. The molecule has 68 valence electrons. The van der Waals surface area contributed by atoms with Crippen LogP contribution >= 0.6 is 0 Å². The lowest BCUT2D eigenvalue weighted by Gasteiger charge is -2.16. The van der Waals surface area contributed by atoms with Gasteiger partial charge in [0.1, 0.15) is 0 Å². The van der Waals surface area contributed by atoms with Gasteiger partial charge in [-0.2, -0.15) is 8.42 Å². The fourth-order valence-corrected chi connectivity index (χ4v) is 1.82. The number of hydrogen-bond donors (Lipinski definition) is 2. The summed E-state index contributed by atoms with van der Waals surface area (Å²) in [7, 11) is -3.76. The van der Waals surface area contributed by atoms with Crippen molar-refractivity contribution in [2.75, 3.05) is 4.72 Å². The third-order valence-electron chi connectivity index (χ3n) is 1.51. The molecule has 1 aliphatic rings. The number of hydrogen-bond acceptors (Lipinski definition) is 4. The van der Waals surface area contributed by atoms with Crippen molar-refractivity contribution in [3.8, 4) is 0 Å². The van der Waals surface area contributed by atoms with Gasteiger partial charge in [-0.05, 0) is 12.1 Å². The van der Waals surface area contributed by atoms with Crippen LogP contribution in [-0.4, -0.2) is 19.3 Å². The van der Waals surface area contributed by atoms with Crippen molar-refractivity contribution < 1.29 is 13.2 Å². The van der Waals surface area contributed by atoms with E-state index in [-0.39, 0.29) is 11.4 Å². The molecule has 0 bridgehead atoms. The molecule has 1 amide bonds. The number of nitrogens with zero attached hydrogens (tertiary/aromatic N) is 1. The summed E-state index contributed by atoms with van der Waals surface area (Å²) in [4.78, 5) is 14.8. The Morgan fingerprint density at radius 1 is 1.31 bits per heavy atom. The van der Waals surface area contributed by atoms with Crippen molar-refractivity contribution in [3.05, 3.63) is 23.9 Å². The van der Waals surface area contributed by atoms with Gasteiger partial charge in [-0.25, -0.2) is 14.4 Å². The van der Waals surface area contributed by atoms with Gasteiger partial charge in [-0.15, -0.1) is 0 Å². The fraction of sp³-hybridized carbons (Fsp3) is 0. The van der Waals surface area contributed by atoms with E-state index in [1.807, 2.05) is 0 Å². The van der Waals surface area contributed by atoms with Crippen molar-refractivity contribution in [3.63, 3.8) is 0 Å². The minimum absolute atomic E-state index is 0.0613. The Balaban J connectivity index is 2.61. The number of carbonyl (C=O) groups is 1. The summed E-state index contributed by atoms with van der Waals surface area (Å²) in [5, 5.41) is 0. The number of rotatable bonds is 0. The fourth-order valence-electron chi connectivity index (χ4n) is 1.000. The highest BCUT2D eigenvalue weighted by molar-refractivity contribution is 7.91. The van der Waals surface area contributed by atoms with Crippen LogP contribution in [0.25, 0.3) is 0 Å². The average Bonchev–Trinajstić information content (AvgIpc) is 2.02. The largest absolute Gasteiger partial charge is 0.325 e. The first-order valence-electron chi connectivity index (χ1n) is 3.38. The lowest BCUT2D eigenvalue weighted by Crippen LogP contribution is -2.40. The van der Waals surface area contributed by atoms with Gasteiger partial charge >= 0.3 is 10.2 Å². The van der Waals surface area contributed by atoms with Crippen molar-refractivity contribution in [2.45, 2.75) is 0 Å². The maximum Gasteiger partial charge on any atom is 0.325 e. The Kier molecular flexibility index (Phi) is 1.49. The van der Waals surface area contributed by atoms with Gasteiger partial charge in [0.15, 0.2) is 5.82 Å². The topological polar surface area (TPSA) is 88.2 Å². The predicted molar refractivity (Wildman–Crippen MR) is 44.2 cm³/mol. The third-order valence-corrected chi connectivity index (χ3v) is 2.43. The van der Waals surface area contributed by atoms with Crippen molar-refractivity contribution >= 4 is 21.9 Å². The minimum Gasteiger partial charge on any atom is -0.268 e. The Bertz CT molecular complexity index is 468. The molecule has 0 fully saturated rings. The van der Waals surface area contributed by atoms with E-state index in [2.05, 4.69) is 9.71 Å². The Morgan fingerprint density at radius 3 is 2.85 bits per heavy atom. The maximum absolute atomic E-state index is 11.1. The van der Waals surface area contributed by atoms with Crippen molar-refractivity contribution in [2.24, 2.45) is 0 Å². The van der Waals surface area contributed by atoms with Crippen LogP contribution in [0.15, 0.2) is 18.3 Å². The van der Waals surface area contributed by atoms with Gasteiger partial charge in [0, 0.05) is 6.20 Å². The highest BCUT2D eigenvalue weighted by atomic mass is 32.2. The van der Waals surface area contributed by atoms with Gasteiger partial charge in [0.05, 0.1) is 5.56 Å². The molecule has 2 heterocycles. The number of nitrogens with one attached hydrogen (secondary N) is 2. The van der Waals surface area contributed by atoms with Crippen LogP contribution < -0.4 is 9.44 Å². The molecule has 1 aliphatic heterocycles. The van der Waals surface area contributed by atoms with Crippen molar-refractivity contribution in [1.82, 2.24) is 9.71 Å². The Morgan fingerprint density at radius 2 is 2.08 bits per heavy atom. The zero-order chi connectivity index (χ0) is 9.47.